The minimum Gasteiger partial charge on any atom is -0.508 e. The summed E-state index contributed by atoms with van der Waals surface area (Å²) in [5.41, 5.74) is 5.15. The highest BCUT2D eigenvalue weighted by molar-refractivity contribution is 7.15. The van der Waals surface area contributed by atoms with Gasteiger partial charge in [-0.05, 0) is 75.4 Å². The maximum absolute atomic E-state index is 12.0. The molecule has 28 heavy (non-hydrogen) atoms. The zero-order valence-electron chi connectivity index (χ0n) is 15.9. The monoisotopic (exact) mass is 394 g/mol. The standard InChI is InChI=1S/C22H22N2O3S/c1-13-11-15(12-23-16-7-9-17(25)10-8-16)14(2)24(13)21-20(22(26)27)18-5-3-4-6-19(18)28-21/h7-12,25H,3-6H2,1-2H3,(H,26,27). The summed E-state index contributed by atoms with van der Waals surface area (Å²) >= 11 is 1.61. The molecule has 0 atom stereocenters. The Morgan fingerprint density at radius 1 is 1.18 bits per heavy atom. The van der Waals surface area contributed by atoms with Gasteiger partial charge in [0.25, 0.3) is 0 Å². The number of nitrogens with zero attached hydrogens (tertiary/aromatic N) is 2. The van der Waals surface area contributed by atoms with Gasteiger partial charge < -0.3 is 14.8 Å². The molecule has 2 N–H and O–H groups in total. The van der Waals surface area contributed by atoms with Gasteiger partial charge in [0, 0.05) is 28.0 Å². The lowest BCUT2D eigenvalue weighted by atomic mass is 9.95. The fourth-order valence-electron chi connectivity index (χ4n) is 3.84. The number of aryl methyl sites for hydroxylation is 2. The van der Waals surface area contributed by atoms with Crippen molar-refractivity contribution in [3.05, 3.63) is 63.3 Å². The largest absolute Gasteiger partial charge is 0.508 e. The van der Waals surface area contributed by atoms with Crippen LogP contribution in [-0.2, 0) is 12.8 Å². The molecule has 4 rings (SSSR count). The number of aromatic hydroxyl groups is 1. The number of benzene rings is 1. The number of aromatic nitrogens is 1. The van der Waals surface area contributed by atoms with Gasteiger partial charge in [0.1, 0.15) is 10.8 Å². The Morgan fingerprint density at radius 2 is 1.89 bits per heavy atom. The van der Waals surface area contributed by atoms with E-state index in [0.717, 1.165) is 58.9 Å². The van der Waals surface area contributed by atoms with Crippen molar-refractivity contribution < 1.29 is 15.0 Å². The second-order valence-corrected chi connectivity index (χ2v) is 8.22. The molecule has 0 unspecified atom stereocenters. The molecule has 2 aromatic heterocycles. The summed E-state index contributed by atoms with van der Waals surface area (Å²) in [6.45, 7) is 3.99. The van der Waals surface area contributed by atoms with Crippen molar-refractivity contribution in [3.63, 3.8) is 0 Å². The lowest BCUT2D eigenvalue weighted by Gasteiger charge is -2.11. The molecule has 5 nitrogen and oxygen atoms in total. The first-order chi connectivity index (χ1) is 13.5. The number of phenols is 1. The molecule has 0 amide bonds. The van der Waals surface area contributed by atoms with Crippen molar-refractivity contribution in [1.82, 2.24) is 4.57 Å². The third-order valence-corrected chi connectivity index (χ3v) is 6.52. The van der Waals surface area contributed by atoms with E-state index in [1.165, 1.54) is 4.88 Å². The molecule has 144 valence electrons. The molecule has 0 fully saturated rings. The number of carbonyl (C=O) groups is 1. The van der Waals surface area contributed by atoms with Crippen molar-refractivity contribution in [2.24, 2.45) is 4.99 Å². The molecule has 6 heteroatoms. The molecule has 0 saturated carbocycles. The van der Waals surface area contributed by atoms with Crippen LogP contribution in [0.2, 0.25) is 0 Å². The van der Waals surface area contributed by atoms with E-state index in [-0.39, 0.29) is 5.75 Å². The molecule has 2 heterocycles. The number of carboxylic acid groups (broad SMARTS) is 1. The lowest BCUT2D eigenvalue weighted by molar-refractivity contribution is 0.0696. The Hall–Kier alpha value is -2.86. The summed E-state index contributed by atoms with van der Waals surface area (Å²) in [5.74, 6) is -0.638. The molecule has 0 aliphatic heterocycles. The number of aliphatic imine (C=N–C) groups is 1. The van der Waals surface area contributed by atoms with Crippen LogP contribution in [0, 0.1) is 13.8 Å². The van der Waals surface area contributed by atoms with Crippen molar-refractivity contribution in [3.8, 4) is 10.8 Å². The van der Waals surface area contributed by atoms with Crippen LogP contribution in [0.25, 0.3) is 5.00 Å². The Labute approximate surface area is 167 Å². The first-order valence-electron chi connectivity index (χ1n) is 9.36. The zero-order valence-corrected chi connectivity index (χ0v) is 16.7. The normalized spacial score (nSPS) is 13.8. The van der Waals surface area contributed by atoms with Crippen LogP contribution in [-0.4, -0.2) is 27.0 Å². The van der Waals surface area contributed by atoms with Gasteiger partial charge in [-0.1, -0.05) is 0 Å². The molecule has 0 bridgehead atoms. The smallest absolute Gasteiger partial charge is 0.339 e. The van der Waals surface area contributed by atoms with Gasteiger partial charge >= 0.3 is 5.97 Å². The highest BCUT2D eigenvalue weighted by Gasteiger charge is 2.27. The van der Waals surface area contributed by atoms with Crippen LogP contribution >= 0.6 is 11.3 Å². The average Bonchev–Trinajstić information content (AvgIpc) is 3.18. The Bertz CT molecular complexity index is 1070. The fraction of sp³-hybridized carbons (Fsp3) is 0.273. The number of hydrogen-bond acceptors (Lipinski definition) is 4. The highest BCUT2D eigenvalue weighted by atomic mass is 32.1. The molecule has 3 aromatic rings. The SMILES string of the molecule is Cc1cc(C=Nc2ccc(O)cc2)c(C)n1-c1sc2c(c1C(=O)O)CCCC2. The third-order valence-electron chi connectivity index (χ3n) is 5.24. The molecular weight excluding hydrogens is 372 g/mol. The van der Waals surface area contributed by atoms with Gasteiger partial charge in [-0.15, -0.1) is 11.3 Å². The second-order valence-electron chi connectivity index (χ2n) is 7.13. The Kier molecular flexibility index (Phi) is 4.81. The minimum absolute atomic E-state index is 0.208. The maximum atomic E-state index is 12.0. The van der Waals surface area contributed by atoms with E-state index in [0.29, 0.717) is 5.56 Å². The van der Waals surface area contributed by atoms with Crippen LogP contribution in [0.4, 0.5) is 5.69 Å². The summed E-state index contributed by atoms with van der Waals surface area (Å²) in [6, 6.07) is 8.74. The zero-order chi connectivity index (χ0) is 19.8. The minimum atomic E-state index is -0.846. The molecule has 0 saturated heterocycles. The highest BCUT2D eigenvalue weighted by Crippen LogP contribution is 2.38. The van der Waals surface area contributed by atoms with Crippen LogP contribution in [0.5, 0.6) is 5.75 Å². The van der Waals surface area contributed by atoms with Gasteiger partial charge in [-0.25, -0.2) is 4.79 Å². The fourth-order valence-corrected chi connectivity index (χ4v) is 5.34. The van der Waals surface area contributed by atoms with E-state index in [1.807, 2.05) is 24.5 Å². The van der Waals surface area contributed by atoms with Crippen LogP contribution in [0.3, 0.4) is 0 Å². The quantitative estimate of drug-likeness (QED) is 0.598. The predicted octanol–water partition coefficient (Wildman–Crippen LogP) is 5.19. The van der Waals surface area contributed by atoms with E-state index < -0.39 is 5.97 Å². The van der Waals surface area contributed by atoms with E-state index in [1.54, 1.807) is 41.8 Å². The topological polar surface area (TPSA) is 74.8 Å². The molecule has 1 aliphatic carbocycles. The summed E-state index contributed by atoms with van der Waals surface area (Å²) in [4.78, 5) is 17.7. The molecule has 1 aromatic carbocycles. The first kappa shape index (κ1) is 18.5. The number of thiophene rings is 1. The van der Waals surface area contributed by atoms with Crippen molar-refractivity contribution in [2.45, 2.75) is 39.5 Å². The van der Waals surface area contributed by atoms with Crippen LogP contribution in [0.1, 0.15) is 50.6 Å². The van der Waals surface area contributed by atoms with E-state index in [9.17, 15) is 15.0 Å². The molecule has 0 radical (unpaired) electrons. The van der Waals surface area contributed by atoms with Gasteiger partial charge in [-0.3, -0.25) is 4.99 Å². The second kappa shape index (κ2) is 7.28. The van der Waals surface area contributed by atoms with E-state index in [4.69, 9.17) is 0 Å². The van der Waals surface area contributed by atoms with Crippen LogP contribution in [0.15, 0.2) is 35.3 Å². The number of rotatable bonds is 4. The molecular formula is C22H22N2O3S. The lowest BCUT2D eigenvalue weighted by Crippen LogP contribution is -2.09. The van der Waals surface area contributed by atoms with E-state index >= 15 is 0 Å². The number of hydrogen-bond donors (Lipinski definition) is 2. The summed E-state index contributed by atoms with van der Waals surface area (Å²) in [5, 5.41) is 20.1. The van der Waals surface area contributed by atoms with E-state index in [2.05, 4.69) is 4.99 Å². The Balaban J connectivity index is 1.77. The average molecular weight is 394 g/mol. The van der Waals surface area contributed by atoms with Gasteiger partial charge in [0.15, 0.2) is 0 Å². The van der Waals surface area contributed by atoms with Gasteiger partial charge in [0.05, 0.1) is 11.3 Å². The predicted molar refractivity (Wildman–Crippen MR) is 112 cm³/mol. The summed E-state index contributed by atoms with van der Waals surface area (Å²) in [7, 11) is 0. The van der Waals surface area contributed by atoms with Crippen molar-refractivity contribution in [1.29, 1.82) is 0 Å². The number of fused-ring (bicyclic) bond motifs is 1. The third kappa shape index (κ3) is 3.24. The number of carboxylic acids is 1. The van der Waals surface area contributed by atoms with Gasteiger partial charge in [-0.2, -0.15) is 0 Å². The summed E-state index contributed by atoms with van der Waals surface area (Å²) in [6.07, 6.45) is 5.79. The first-order valence-corrected chi connectivity index (χ1v) is 10.2. The number of aromatic carboxylic acids is 1. The summed E-state index contributed by atoms with van der Waals surface area (Å²) < 4.78 is 2.05. The Morgan fingerprint density at radius 3 is 2.61 bits per heavy atom. The number of phenolic OH excluding ortho intramolecular Hbond substituents is 1. The van der Waals surface area contributed by atoms with Crippen molar-refractivity contribution in [2.75, 3.05) is 0 Å². The van der Waals surface area contributed by atoms with Crippen molar-refractivity contribution >= 4 is 29.2 Å². The van der Waals surface area contributed by atoms with Gasteiger partial charge in [0.2, 0.25) is 0 Å². The maximum Gasteiger partial charge on any atom is 0.339 e. The van der Waals surface area contributed by atoms with Crippen LogP contribution < -0.4 is 0 Å². The molecule has 0 spiro atoms. The molecule has 1 aliphatic rings.